The fourth-order valence-electron chi connectivity index (χ4n) is 3.16. The molecular weight excluding hydrogens is 467 g/mol. The zero-order valence-corrected chi connectivity index (χ0v) is 17.2. The zero-order chi connectivity index (χ0) is 21.9. The van der Waals surface area contributed by atoms with Crippen LogP contribution in [-0.4, -0.2) is 41.9 Å². The van der Waals surface area contributed by atoms with Crippen LogP contribution in [0.2, 0.25) is 0 Å². The maximum Gasteiger partial charge on any atom is 0.416 e. The number of hydrogen-bond acceptors (Lipinski definition) is 4. The van der Waals surface area contributed by atoms with Gasteiger partial charge in [-0.2, -0.15) is 13.2 Å². The summed E-state index contributed by atoms with van der Waals surface area (Å²) in [5.41, 5.74) is -0.698. The van der Waals surface area contributed by atoms with E-state index in [-0.39, 0.29) is 24.7 Å². The van der Waals surface area contributed by atoms with Gasteiger partial charge in [0.05, 0.1) is 10.5 Å². The molecule has 1 saturated heterocycles. The average molecular weight is 484 g/mol. The normalized spacial score (nSPS) is 14.9. The third kappa shape index (κ3) is 4.99. The third-order valence-corrected chi connectivity index (χ3v) is 5.46. The van der Waals surface area contributed by atoms with Gasteiger partial charge >= 0.3 is 6.18 Å². The first-order chi connectivity index (χ1) is 14.2. The van der Waals surface area contributed by atoms with Gasteiger partial charge in [0.25, 0.3) is 5.69 Å². The molecule has 0 aromatic heterocycles. The molecule has 10 heteroatoms. The number of piperazine rings is 1. The van der Waals surface area contributed by atoms with Gasteiger partial charge in [0.2, 0.25) is 5.91 Å². The van der Waals surface area contributed by atoms with Gasteiger partial charge in [0, 0.05) is 42.8 Å². The zero-order valence-electron chi connectivity index (χ0n) is 15.6. The van der Waals surface area contributed by atoms with Crippen molar-refractivity contribution in [2.75, 3.05) is 31.1 Å². The van der Waals surface area contributed by atoms with Crippen LogP contribution < -0.4 is 4.90 Å². The van der Waals surface area contributed by atoms with Crippen LogP contribution in [0.1, 0.15) is 11.1 Å². The summed E-state index contributed by atoms with van der Waals surface area (Å²) < 4.78 is 39.5. The van der Waals surface area contributed by atoms with Gasteiger partial charge in [-0.25, -0.2) is 0 Å². The summed E-state index contributed by atoms with van der Waals surface area (Å²) in [7, 11) is 0. The number of anilines is 1. The van der Waals surface area contributed by atoms with Gasteiger partial charge in [-0.1, -0.05) is 34.1 Å². The van der Waals surface area contributed by atoms with Crippen LogP contribution >= 0.6 is 15.9 Å². The van der Waals surface area contributed by atoms with Crippen molar-refractivity contribution in [2.45, 2.75) is 6.18 Å². The number of carbonyl (C=O) groups is 1. The first-order valence-electron chi connectivity index (χ1n) is 8.99. The summed E-state index contributed by atoms with van der Waals surface area (Å²) in [6.45, 7) is 1.16. The topological polar surface area (TPSA) is 66.7 Å². The molecule has 158 valence electrons. The van der Waals surface area contributed by atoms with Crippen molar-refractivity contribution in [2.24, 2.45) is 0 Å². The maximum absolute atomic E-state index is 12.9. The summed E-state index contributed by atoms with van der Waals surface area (Å²) in [4.78, 5) is 26.1. The van der Waals surface area contributed by atoms with Crippen LogP contribution in [0, 0.1) is 10.1 Å². The lowest BCUT2D eigenvalue weighted by Crippen LogP contribution is -2.48. The summed E-state index contributed by atoms with van der Waals surface area (Å²) in [6, 6.07) is 9.93. The van der Waals surface area contributed by atoms with Gasteiger partial charge in [-0.3, -0.25) is 14.9 Å². The Hall–Kier alpha value is -2.88. The van der Waals surface area contributed by atoms with Gasteiger partial charge in [-0.05, 0) is 29.8 Å². The molecule has 0 saturated carbocycles. The largest absolute Gasteiger partial charge is 0.416 e. The second-order valence-corrected chi connectivity index (χ2v) is 7.48. The monoisotopic (exact) mass is 483 g/mol. The number of benzene rings is 2. The number of rotatable bonds is 4. The minimum atomic E-state index is -4.66. The first kappa shape index (κ1) is 21.8. The first-order valence-corrected chi connectivity index (χ1v) is 9.78. The lowest BCUT2D eigenvalue weighted by atomic mass is 10.1. The Bertz CT molecular complexity index is 987. The average Bonchev–Trinajstić information content (AvgIpc) is 2.72. The summed E-state index contributed by atoms with van der Waals surface area (Å²) in [5.74, 6) is -0.202. The highest BCUT2D eigenvalue weighted by atomic mass is 79.9. The number of nitro benzene ring substituents is 1. The van der Waals surface area contributed by atoms with E-state index in [1.54, 1.807) is 15.9 Å². The standard InChI is InChI=1S/C20H17BrF3N3O3/c21-16-4-2-1-3-14(16)5-8-19(28)26-11-9-25(10-12-26)17-7-6-15(20(22,23)24)13-18(17)27(29)30/h1-8,13H,9-12H2/b8-5+. The minimum Gasteiger partial charge on any atom is -0.362 e. The van der Waals surface area contributed by atoms with Crippen molar-refractivity contribution in [1.82, 2.24) is 4.90 Å². The Labute approximate surface area is 178 Å². The summed E-state index contributed by atoms with van der Waals surface area (Å²) in [6.07, 6.45) is -1.51. The molecule has 1 fully saturated rings. The maximum atomic E-state index is 12.9. The lowest BCUT2D eigenvalue weighted by Gasteiger charge is -2.35. The van der Waals surface area contributed by atoms with Crippen molar-refractivity contribution in [3.63, 3.8) is 0 Å². The number of carbonyl (C=O) groups excluding carboxylic acids is 1. The Balaban J connectivity index is 1.69. The van der Waals surface area contributed by atoms with E-state index in [1.807, 2.05) is 24.3 Å². The van der Waals surface area contributed by atoms with E-state index in [0.29, 0.717) is 19.2 Å². The molecule has 1 aliphatic heterocycles. The molecule has 0 radical (unpaired) electrons. The quantitative estimate of drug-likeness (QED) is 0.358. The van der Waals surface area contributed by atoms with Crippen LogP contribution in [0.15, 0.2) is 53.0 Å². The van der Waals surface area contributed by atoms with E-state index in [4.69, 9.17) is 0 Å². The van der Waals surface area contributed by atoms with Crippen molar-refractivity contribution in [1.29, 1.82) is 0 Å². The minimum absolute atomic E-state index is 0.115. The molecular formula is C20H17BrF3N3O3. The van der Waals surface area contributed by atoms with Gasteiger partial charge in [-0.15, -0.1) is 0 Å². The molecule has 0 atom stereocenters. The van der Waals surface area contributed by atoms with Gasteiger partial charge in [0.15, 0.2) is 0 Å². The van der Waals surface area contributed by atoms with Crippen LogP contribution in [0.5, 0.6) is 0 Å². The molecule has 0 aliphatic carbocycles. The predicted octanol–water partition coefficient (Wildman–Crippen LogP) is 4.74. The van der Waals surface area contributed by atoms with Crippen LogP contribution in [0.3, 0.4) is 0 Å². The van der Waals surface area contributed by atoms with E-state index in [9.17, 15) is 28.1 Å². The van der Waals surface area contributed by atoms with Crippen LogP contribution in [-0.2, 0) is 11.0 Å². The van der Waals surface area contributed by atoms with Crippen molar-refractivity contribution in [3.05, 3.63) is 74.3 Å². The lowest BCUT2D eigenvalue weighted by molar-refractivity contribution is -0.384. The van der Waals surface area contributed by atoms with Crippen molar-refractivity contribution < 1.29 is 22.9 Å². The highest BCUT2D eigenvalue weighted by molar-refractivity contribution is 9.10. The fraction of sp³-hybridized carbons (Fsp3) is 0.250. The number of hydrogen-bond donors (Lipinski definition) is 0. The molecule has 3 rings (SSSR count). The molecule has 6 nitrogen and oxygen atoms in total. The highest BCUT2D eigenvalue weighted by Crippen LogP contribution is 2.36. The van der Waals surface area contributed by atoms with Crippen molar-refractivity contribution in [3.8, 4) is 0 Å². The Morgan fingerprint density at radius 3 is 2.37 bits per heavy atom. The Morgan fingerprint density at radius 1 is 1.10 bits per heavy atom. The second-order valence-electron chi connectivity index (χ2n) is 6.63. The molecule has 0 bridgehead atoms. The molecule has 1 heterocycles. The molecule has 1 aliphatic rings. The number of nitrogens with zero attached hydrogens (tertiary/aromatic N) is 3. The Morgan fingerprint density at radius 2 is 1.77 bits per heavy atom. The van der Waals surface area contributed by atoms with Crippen molar-refractivity contribution >= 4 is 39.3 Å². The molecule has 2 aromatic carbocycles. The molecule has 0 spiro atoms. The predicted molar refractivity (Wildman–Crippen MR) is 110 cm³/mol. The number of halogens is 4. The number of alkyl halides is 3. The van der Waals surface area contributed by atoms with E-state index in [0.717, 1.165) is 22.2 Å². The van der Waals surface area contributed by atoms with Crippen LogP contribution in [0.4, 0.5) is 24.5 Å². The smallest absolute Gasteiger partial charge is 0.362 e. The van der Waals surface area contributed by atoms with Gasteiger partial charge in [0.1, 0.15) is 5.69 Å². The fourth-order valence-corrected chi connectivity index (χ4v) is 3.57. The van der Waals surface area contributed by atoms with Gasteiger partial charge < -0.3 is 9.80 Å². The third-order valence-electron chi connectivity index (χ3n) is 4.74. The van der Waals surface area contributed by atoms with E-state index in [1.165, 1.54) is 6.08 Å². The van der Waals surface area contributed by atoms with E-state index < -0.39 is 22.4 Å². The van der Waals surface area contributed by atoms with E-state index >= 15 is 0 Å². The van der Waals surface area contributed by atoms with E-state index in [2.05, 4.69) is 15.9 Å². The molecule has 1 amide bonds. The second kappa shape index (κ2) is 8.86. The SMILES string of the molecule is O=C(/C=C/c1ccccc1Br)N1CCN(c2ccc(C(F)(F)F)cc2[N+](=O)[O-])CC1. The highest BCUT2D eigenvalue weighted by Gasteiger charge is 2.34. The van der Waals surface area contributed by atoms with Crippen LogP contribution in [0.25, 0.3) is 6.08 Å². The number of nitro groups is 1. The summed E-state index contributed by atoms with van der Waals surface area (Å²) >= 11 is 3.40. The molecule has 0 N–H and O–H groups in total. The Kier molecular flexibility index (Phi) is 6.45. The molecule has 30 heavy (non-hydrogen) atoms. The molecule has 2 aromatic rings. The number of amides is 1. The molecule has 0 unspecified atom stereocenters. The summed E-state index contributed by atoms with van der Waals surface area (Å²) in [5, 5.41) is 11.3.